The van der Waals surface area contributed by atoms with E-state index in [1.165, 1.54) is 12.3 Å². The molecule has 3 aliphatic rings. The molecule has 0 bridgehead atoms. The van der Waals surface area contributed by atoms with E-state index in [0.29, 0.717) is 5.92 Å². The van der Waals surface area contributed by atoms with Gasteiger partial charge in [-0.15, -0.1) is 0 Å². The highest BCUT2D eigenvalue weighted by molar-refractivity contribution is 5.71. The fraction of sp³-hybridized carbons (Fsp3) is 0.571. The van der Waals surface area contributed by atoms with Crippen LogP contribution in [-0.4, -0.2) is 34.8 Å². The van der Waals surface area contributed by atoms with Gasteiger partial charge >= 0.3 is 12.1 Å². The lowest BCUT2D eigenvalue weighted by atomic mass is 9.76. The van der Waals surface area contributed by atoms with E-state index in [0.717, 1.165) is 74.3 Å². The van der Waals surface area contributed by atoms with Gasteiger partial charge in [0.05, 0.1) is 11.5 Å². The average molecular weight is 503 g/mol. The lowest BCUT2D eigenvalue weighted by Gasteiger charge is -2.45. The second-order valence-corrected chi connectivity index (χ2v) is 10.9. The Morgan fingerprint density at radius 3 is 2.53 bits per heavy atom. The minimum atomic E-state index is -4.45. The highest BCUT2D eigenvalue weighted by Crippen LogP contribution is 2.49. The molecule has 2 heterocycles. The number of aliphatic carboxylic acids is 1. The third-order valence-corrected chi connectivity index (χ3v) is 8.55. The number of anilines is 1. The first kappa shape index (κ1) is 24.9. The third-order valence-electron chi connectivity index (χ3n) is 8.55. The number of hydrogen-bond acceptors (Lipinski definition) is 4. The zero-order chi connectivity index (χ0) is 25.7. The number of hydrogen-bond donors (Lipinski definition) is 1. The number of carboxylic acids is 1. The topological polar surface area (TPSA) is 62.7 Å². The predicted molar refractivity (Wildman–Crippen MR) is 130 cm³/mol. The minimum absolute atomic E-state index is 0.0140. The lowest BCUT2D eigenvalue weighted by molar-refractivity contribution is -0.142. The number of alkyl halides is 3. The van der Waals surface area contributed by atoms with Crippen molar-refractivity contribution in [2.24, 2.45) is 11.8 Å². The van der Waals surface area contributed by atoms with Crippen LogP contribution in [0.3, 0.4) is 0 Å². The molecule has 2 aromatic rings. The van der Waals surface area contributed by atoms with Crippen LogP contribution in [0.1, 0.15) is 74.5 Å². The molecule has 5 rings (SSSR count). The van der Waals surface area contributed by atoms with Gasteiger partial charge in [-0.25, -0.2) is 4.98 Å². The highest BCUT2D eigenvalue weighted by atomic mass is 19.4. The molecular formula is C28H33F3N2O3. The van der Waals surface area contributed by atoms with Crippen molar-refractivity contribution >= 4 is 11.8 Å². The Labute approximate surface area is 209 Å². The van der Waals surface area contributed by atoms with Crippen molar-refractivity contribution < 1.29 is 27.8 Å². The Bertz CT molecular complexity index is 1120. The molecule has 0 saturated heterocycles. The van der Waals surface area contributed by atoms with Gasteiger partial charge in [-0.2, -0.15) is 13.2 Å². The molecule has 5 nitrogen and oxygen atoms in total. The van der Waals surface area contributed by atoms with E-state index in [1.807, 2.05) is 0 Å². The Kier molecular flexibility index (Phi) is 6.41. The van der Waals surface area contributed by atoms with Crippen molar-refractivity contribution in [1.29, 1.82) is 0 Å². The van der Waals surface area contributed by atoms with Gasteiger partial charge < -0.3 is 14.7 Å². The average Bonchev–Trinajstić information content (AvgIpc) is 3.68. The van der Waals surface area contributed by atoms with Gasteiger partial charge in [0, 0.05) is 19.3 Å². The maximum absolute atomic E-state index is 13.5. The summed E-state index contributed by atoms with van der Waals surface area (Å²) in [5.41, 5.74) is 1.15. The van der Waals surface area contributed by atoms with Crippen molar-refractivity contribution in [2.75, 3.05) is 11.9 Å². The van der Waals surface area contributed by atoms with Crippen LogP contribution in [-0.2, 0) is 17.4 Å². The number of pyridine rings is 1. The maximum atomic E-state index is 13.5. The number of carboxylic acid groups (broad SMARTS) is 1. The van der Waals surface area contributed by atoms with E-state index in [1.54, 1.807) is 18.9 Å². The number of ether oxygens (including phenoxy) is 1. The number of aryl methyl sites for hydroxylation is 1. The Balaban J connectivity index is 1.31. The van der Waals surface area contributed by atoms with Crippen LogP contribution in [0.15, 0.2) is 36.5 Å². The van der Waals surface area contributed by atoms with Crippen LogP contribution in [0.2, 0.25) is 0 Å². The van der Waals surface area contributed by atoms with Crippen LogP contribution in [0.4, 0.5) is 19.0 Å². The standard InChI is InChI=1S/C28H33F3N2O3/c1-17(26(34)35)24(19-6-7-19)20-8-5-18-9-12-27(36-23(18)16-20)13-10-21(11-14-27)33(2)25-22(28(29,30)31)4-3-15-32-25/h3-5,8,15-17,19,21,24H,6-7,9-14H2,1-2H3,(H,34,35)/t17-,21?,24-,27?/m0/s1. The fourth-order valence-corrected chi connectivity index (χ4v) is 6.25. The van der Waals surface area contributed by atoms with E-state index in [-0.39, 0.29) is 23.4 Å². The molecular weight excluding hydrogens is 469 g/mol. The maximum Gasteiger partial charge on any atom is 0.419 e. The quantitative estimate of drug-likeness (QED) is 0.491. The summed E-state index contributed by atoms with van der Waals surface area (Å²) in [7, 11) is 1.70. The smallest absolute Gasteiger partial charge is 0.419 e. The number of aromatic nitrogens is 1. The van der Waals surface area contributed by atoms with E-state index >= 15 is 0 Å². The number of carbonyl (C=O) groups is 1. The van der Waals surface area contributed by atoms with Gasteiger partial charge in [0.2, 0.25) is 0 Å². The SMILES string of the molecule is C[C@H](C(=O)O)[C@H](c1ccc2c(c1)OC1(CC2)CCC(N(C)c2ncccc2C(F)(F)F)CC1)C1CC1. The first-order valence-electron chi connectivity index (χ1n) is 12.9. The second kappa shape index (κ2) is 9.27. The number of rotatable bonds is 6. The molecule has 0 unspecified atom stereocenters. The zero-order valence-corrected chi connectivity index (χ0v) is 20.7. The molecule has 0 amide bonds. The predicted octanol–water partition coefficient (Wildman–Crippen LogP) is 6.46. The van der Waals surface area contributed by atoms with Gasteiger partial charge in [-0.3, -0.25) is 4.79 Å². The summed E-state index contributed by atoms with van der Waals surface area (Å²) in [6.07, 6.45) is 3.82. The first-order chi connectivity index (χ1) is 17.1. The number of nitrogens with zero attached hydrogens (tertiary/aromatic N) is 2. The highest BCUT2D eigenvalue weighted by Gasteiger charge is 2.43. The van der Waals surface area contributed by atoms with E-state index in [4.69, 9.17) is 4.74 Å². The summed E-state index contributed by atoms with van der Waals surface area (Å²) in [6, 6.07) is 8.57. The van der Waals surface area contributed by atoms with Crippen LogP contribution >= 0.6 is 0 Å². The van der Waals surface area contributed by atoms with Crippen molar-refractivity contribution in [3.63, 3.8) is 0 Å². The molecule has 0 radical (unpaired) electrons. The Morgan fingerprint density at radius 2 is 1.89 bits per heavy atom. The molecule has 1 aliphatic heterocycles. The third kappa shape index (κ3) is 4.78. The van der Waals surface area contributed by atoms with E-state index < -0.39 is 23.6 Å². The normalized spacial score (nSPS) is 25.5. The Morgan fingerprint density at radius 1 is 1.17 bits per heavy atom. The fourth-order valence-electron chi connectivity index (χ4n) is 6.25. The molecule has 1 spiro atoms. The van der Waals surface area contributed by atoms with Crippen molar-refractivity contribution in [2.45, 2.75) is 82.0 Å². The van der Waals surface area contributed by atoms with E-state index in [9.17, 15) is 23.1 Å². The molecule has 2 fully saturated rings. The van der Waals surface area contributed by atoms with Crippen LogP contribution < -0.4 is 9.64 Å². The van der Waals surface area contributed by atoms with Crippen LogP contribution in [0, 0.1) is 11.8 Å². The molecule has 36 heavy (non-hydrogen) atoms. The number of fused-ring (bicyclic) bond motifs is 1. The minimum Gasteiger partial charge on any atom is -0.487 e. The van der Waals surface area contributed by atoms with Gasteiger partial charge in [0.1, 0.15) is 17.2 Å². The molecule has 2 atom stereocenters. The van der Waals surface area contributed by atoms with Crippen molar-refractivity contribution in [1.82, 2.24) is 4.98 Å². The number of benzene rings is 1. The van der Waals surface area contributed by atoms with Gasteiger partial charge in [-0.1, -0.05) is 19.1 Å². The molecule has 2 aliphatic carbocycles. The summed E-state index contributed by atoms with van der Waals surface area (Å²) >= 11 is 0. The molecule has 194 valence electrons. The summed E-state index contributed by atoms with van der Waals surface area (Å²) < 4.78 is 47.2. The molecule has 1 aromatic carbocycles. The summed E-state index contributed by atoms with van der Waals surface area (Å²) in [6.45, 7) is 1.79. The number of halogens is 3. The molecule has 1 aromatic heterocycles. The molecule has 1 N–H and O–H groups in total. The van der Waals surface area contributed by atoms with Gasteiger partial charge in [0.15, 0.2) is 0 Å². The Hall–Kier alpha value is -2.77. The second-order valence-electron chi connectivity index (χ2n) is 10.9. The lowest BCUT2D eigenvalue weighted by Crippen LogP contribution is -2.47. The largest absolute Gasteiger partial charge is 0.487 e. The zero-order valence-electron chi connectivity index (χ0n) is 20.7. The molecule has 2 saturated carbocycles. The summed E-state index contributed by atoms with van der Waals surface area (Å²) in [5, 5.41) is 9.64. The van der Waals surface area contributed by atoms with Crippen LogP contribution in [0.25, 0.3) is 0 Å². The summed E-state index contributed by atoms with van der Waals surface area (Å²) in [5.74, 6) is -0.00827. The summed E-state index contributed by atoms with van der Waals surface area (Å²) in [4.78, 5) is 17.5. The van der Waals surface area contributed by atoms with Crippen molar-refractivity contribution in [3.8, 4) is 5.75 Å². The van der Waals surface area contributed by atoms with Gasteiger partial charge in [0.25, 0.3) is 0 Å². The van der Waals surface area contributed by atoms with Crippen molar-refractivity contribution in [3.05, 3.63) is 53.2 Å². The monoisotopic (exact) mass is 502 g/mol. The first-order valence-corrected chi connectivity index (χ1v) is 12.9. The van der Waals surface area contributed by atoms with E-state index in [2.05, 4.69) is 23.2 Å². The van der Waals surface area contributed by atoms with Crippen LogP contribution in [0.5, 0.6) is 5.75 Å². The van der Waals surface area contributed by atoms with Gasteiger partial charge in [-0.05, 0) is 92.5 Å². The molecule has 8 heteroatoms.